The van der Waals surface area contributed by atoms with Crippen molar-refractivity contribution in [2.75, 3.05) is 13.2 Å². The first-order valence-electron chi connectivity index (χ1n) is 19.2. The second-order valence-electron chi connectivity index (χ2n) is 13.5. The Hall–Kier alpha value is -4.24. The minimum atomic E-state index is -1.76. The van der Waals surface area contributed by atoms with Crippen LogP contribution >= 0.6 is 46.4 Å². The van der Waals surface area contributed by atoms with Gasteiger partial charge in [-0.25, -0.2) is 9.59 Å². The average molecular weight is 909 g/mol. The summed E-state index contributed by atoms with van der Waals surface area (Å²) >= 11 is 24.2. The van der Waals surface area contributed by atoms with Gasteiger partial charge < -0.3 is 40.5 Å². The molecule has 2 amide bonds. The van der Waals surface area contributed by atoms with Crippen LogP contribution in [-0.4, -0.2) is 93.9 Å². The van der Waals surface area contributed by atoms with Gasteiger partial charge in [-0.2, -0.15) is 0 Å². The topological polar surface area (TPSA) is 192 Å². The lowest BCUT2D eigenvalue weighted by Crippen LogP contribution is -2.52. The predicted molar refractivity (Wildman–Crippen MR) is 233 cm³/mol. The van der Waals surface area contributed by atoms with Gasteiger partial charge in [-0.15, -0.1) is 0 Å². The van der Waals surface area contributed by atoms with E-state index in [4.69, 9.17) is 55.9 Å². The number of halogens is 4. The molecule has 0 bridgehead atoms. The molecule has 3 unspecified atom stereocenters. The van der Waals surface area contributed by atoms with Gasteiger partial charge in [0, 0.05) is 32.9 Å². The maximum absolute atomic E-state index is 11.9. The highest BCUT2D eigenvalue weighted by Crippen LogP contribution is 2.29. The van der Waals surface area contributed by atoms with E-state index in [1.54, 1.807) is 64.1 Å². The molecule has 12 nitrogen and oxygen atoms in total. The third-order valence-corrected chi connectivity index (χ3v) is 9.95. The highest BCUT2D eigenvalue weighted by atomic mass is 35.5. The van der Waals surface area contributed by atoms with Crippen molar-refractivity contribution in [2.24, 2.45) is 0 Å². The summed E-state index contributed by atoms with van der Waals surface area (Å²) in [5.74, 6) is -2.48. The molecule has 4 rings (SSSR count). The van der Waals surface area contributed by atoms with Crippen LogP contribution in [0.2, 0.25) is 20.1 Å². The molecule has 4 aromatic rings. The molecule has 0 saturated carbocycles. The van der Waals surface area contributed by atoms with Crippen molar-refractivity contribution in [3.63, 3.8) is 0 Å². The fourth-order valence-electron chi connectivity index (χ4n) is 5.92. The Balaban J connectivity index is 0.000000320. The van der Waals surface area contributed by atoms with E-state index in [-0.39, 0.29) is 50.7 Å². The van der Waals surface area contributed by atoms with Gasteiger partial charge >= 0.3 is 11.9 Å². The van der Waals surface area contributed by atoms with Crippen LogP contribution in [-0.2, 0) is 41.5 Å². The molecule has 0 heterocycles. The fraction of sp³-hybridized carbons (Fsp3) is 0.364. The van der Waals surface area contributed by atoms with Crippen LogP contribution in [0.4, 0.5) is 0 Å². The summed E-state index contributed by atoms with van der Waals surface area (Å²) in [5.41, 5.74) is 5.08. The summed E-state index contributed by atoms with van der Waals surface area (Å²) in [6.45, 7) is 6.69. The molecule has 0 saturated heterocycles. The van der Waals surface area contributed by atoms with Gasteiger partial charge in [0.25, 0.3) is 0 Å². The van der Waals surface area contributed by atoms with Crippen LogP contribution in [0.25, 0.3) is 22.3 Å². The minimum absolute atomic E-state index is 0.0730. The molecule has 6 atom stereocenters. The number of benzene rings is 4. The number of hydrogen-bond donors (Lipinski definition) is 6. The minimum Gasteiger partial charge on any atom is -0.464 e. The number of amides is 2. The SMILES string of the molecule is CCOC(=O)C(O)C(O)C(Cc1ccc(-c2cc(Cl)cc(Cl)c2)cc1)NC(=O)CC.CCOC(=O)[C@H](O)[C@@H](O)[C@H](Cc1ccc(-c2cc(Cl)cc(Cl)c2)cc1)NC(=O)CC. The van der Waals surface area contributed by atoms with Gasteiger partial charge in [0.05, 0.1) is 25.3 Å². The van der Waals surface area contributed by atoms with Crippen LogP contribution in [0.15, 0.2) is 84.9 Å². The van der Waals surface area contributed by atoms with Crippen molar-refractivity contribution in [2.45, 2.75) is 89.9 Å². The Kier molecular flexibility index (Phi) is 20.8. The summed E-state index contributed by atoms with van der Waals surface area (Å²) < 4.78 is 9.51. The molecule has 0 fully saturated rings. The summed E-state index contributed by atoms with van der Waals surface area (Å²) in [6.07, 6.45) is -5.75. The van der Waals surface area contributed by atoms with Gasteiger partial charge in [0.15, 0.2) is 12.2 Å². The molecule has 0 radical (unpaired) electrons. The van der Waals surface area contributed by atoms with Gasteiger partial charge in [0.1, 0.15) is 12.2 Å². The number of esters is 2. The lowest BCUT2D eigenvalue weighted by molar-refractivity contribution is -0.161. The normalized spacial score (nSPS) is 13.9. The summed E-state index contributed by atoms with van der Waals surface area (Å²) in [6, 6.07) is 23.5. The predicted octanol–water partition coefficient (Wildman–Crippen LogP) is 6.77. The molecule has 0 aliphatic rings. The Morgan fingerprint density at radius 1 is 0.500 bits per heavy atom. The number of aliphatic hydroxyl groups excluding tert-OH is 4. The largest absolute Gasteiger partial charge is 0.464 e. The first-order valence-corrected chi connectivity index (χ1v) is 20.8. The highest BCUT2D eigenvalue weighted by Gasteiger charge is 2.34. The number of carbonyl (C=O) groups is 4. The van der Waals surface area contributed by atoms with E-state index in [1.807, 2.05) is 48.5 Å². The third-order valence-electron chi connectivity index (χ3n) is 9.07. The van der Waals surface area contributed by atoms with Crippen molar-refractivity contribution in [1.29, 1.82) is 0 Å². The number of rotatable bonds is 18. The molecular formula is C44H50Cl4N2O10. The van der Waals surface area contributed by atoms with Gasteiger partial charge in [-0.3, -0.25) is 9.59 Å². The Bertz CT molecular complexity index is 1850. The molecule has 60 heavy (non-hydrogen) atoms. The molecular weight excluding hydrogens is 858 g/mol. The summed E-state index contributed by atoms with van der Waals surface area (Å²) in [5, 5.41) is 48.6. The van der Waals surface area contributed by atoms with Crippen LogP contribution in [0, 0.1) is 0 Å². The molecule has 16 heteroatoms. The van der Waals surface area contributed by atoms with Crippen molar-refractivity contribution in [3.8, 4) is 22.3 Å². The van der Waals surface area contributed by atoms with Gasteiger partial charge in [-0.05, 0) is 96.5 Å². The van der Waals surface area contributed by atoms with E-state index in [2.05, 4.69) is 10.6 Å². The van der Waals surface area contributed by atoms with Crippen LogP contribution in [0.3, 0.4) is 0 Å². The van der Waals surface area contributed by atoms with E-state index >= 15 is 0 Å². The lowest BCUT2D eigenvalue weighted by atomic mass is 9.95. The number of ether oxygens (including phenoxy) is 2. The number of hydrogen-bond acceptors (Lipinski definition) is 10. The van der Waals surface area contributed by atoms with Crippen molar-refractivity contribution < 1.29 is 49.1 Å². The van der Waals surface area contributed by atoms with Crippen molar-refractivity contribution in [3.05, 3.63) is 116 Å². The standard InChI is InChI=1S/2C22H25Cl2NO5/c2*1-3-19(26)25-18(20(27)21(28)22(29)30-4-2)9-13-5-7-14(8-6-13)15-10-16(23)12-17(24)11-15/h2*5-8,10-12,18,20-21,27-28H,3-4,9H2,1-2H3,(H,25,26)/t18-,20-,21+;/m0./s1. The zero-order chi connectivity index (χ0) is 44.5. The third kappa shape index (κ3) is 15.7. The second-order valence-corrected chi connectivity index (χ2v) is 15.3. The molecule has 0 aliphatic heterocycles. The van der Waals surface area contributed by atoms with Crippen molar-refractivity contribution >= 4 is 70.2 Å². The monoisotopic (exact) mass is 906 g/mol. The molecule has 324 valence electrons. The Morgan fingerprint density at radius 3 is 1.07 bits per heavy atom. The van der Waals surface area contributed by atoms with Gasteiger partial charge in [0.2, 0.25) is 11.8 Å². The lowest BCUT2D eigenvalue weighted by Gasteiger charge is -2.27. The summed E-state index contributed by atoms with van der Waals surface area (Å²) in [4.78, 5) is 47.4. The quantitative estimate of drug-likeness (QED) is 0.0582. The average Bonchev–Trinajstić information content (AvgIpc) is 3.22. The first-order chi connectivity index (χ1) is 28.5. The van der Waals surface area contributed by atoms with E-state index in [1.165, 1.54) is 0 Å². The fourth-order valence-corrected chi connectivity index (χ4v) is 6.97. The van der Waals surface area contributed by atoms with E-state index in [0.29, 0.717) is 20.1 Å². The maximum Gasteiger partial charge on any atom is 0.337 e. The van der Waals surface area contributed by atoms with E-state index in [0.717, 1.165) is 33.4 Å². The zero-order valence-corrected chi connectivity index (χ0v) is 36.6. The van der Waals surface area contributed by atoms with Crippen LogP contribution in [0.1, 0.15) is 51.7 Å². The van der Waals surface area contributed by atoms with Gasteiger partial charge in [-0.1, -0.05) is 109 Å². The van der Waals surface area contributed by atoms with Crippen LogP contribution in [0.5, 0.6) is 0 Å². The highest BCUT2D eigenvalue weighted by molar-refractivity contribution is 6.35. The molecule has 6 N–H and O–H groups in total. The maximum atomic E-state index is 11.9. The molecule has 0 aliphatic carbocycles. The summed E-state index contributed by atoms with van der Waals surface area (Å²) in [7, 11) is 0. The smallest absolute Gasteiger partial charge is 0.337 e. The van der Waals surface area contributed by atoms with E-state index < -0.39 is 48.4 Å². The number of nitrogens with one attached hydrogen (secondary N) is 2. The first kappa shape index (κ1) is 50.1. The Morgan fingerprint density at radius 2 is 0.800 bits per heavy atom. The van der Waals surface area contributed by atoms with Crippen molar-refractivity contribution in [1.82, 2.24) is 10.6 Å². The van der Waals surface area contributed by atoms with E-state index in [9.17, 15) is 39.6 Å². The molecule has 4 aromatic carbocycles. The molecule has 0 spiro atoms. The second kappa shape index (κ2) is 24.9. The number of carbonyl (C=O) groups excluding carboxylic acids is 4. The Labute approximate surface area is 369 Å². The van der Waals surface area contributed by atoms with Crippen LogP contribution < -0.4 is 10.6 Å². The zero-order valence-electron chi connectivity index (χ0n) is 33.5. The number of aliphatic hydroxyl groups is 4. The molecule has 0 aromatic heterocycles.